The number of hydrogen-bond donors (Lipinski definition) is 1. The summed E-state index contributed by atoms with van der Waals surface area (Å²) in [5, 5.41) is 0.892. The molecular formula is C12H16N4S. The molecule has 0 radical (unpaired) electrons. The van der Waals surface area contributed by atoms with Crippen molar-refractivity contribution in [2.45, 2.75) is 32.7 Å². The van der Waals surface area contributed by atoms with Crippen LogP contribution in [0.15, 0.2) is 18.6 Å². The summed E-state index contributed by atoms with van der Waals surface area (Å²) in [6.07, 6.45) is 5.06. The van der Waals surface area contributed by atoms with E-state index in [2.05, 4.69) is 35.7 Å². The molecule has 0 unspecified atom stereocenters. The molecule has 0 bridgehead atoms. The molecule has 0 aliphatic heterocycles. The molecule has 5 heteroatoms. The highest BCUT2D eigenvalue weighted by atomic mass is 32.1. The zero-order valence-corrected chi connectivity index (χ0v) is 11.1. The number of aromatic nitrogens is 3. The monoisotopic (exact) mass is 248 g/mol. The minimum absolute atomic E-state index is 0.00562. The molecule has 0 saturated carbocycles. The van der Waals surface area contributed by atoms with Gasteiger partial charge in [0.2, 0.25) is 0 Å². The predicted octanol–water partition coefficient (Wildman–Crippen LogP) is 2.36. The Morgan fingerprint density at radius 2 is 2.06 bits per heavy atom. The minimum atomic E-state index is 0.00562. The van der Waals surface area contributed by atoms with Crippen LogP contribution < -0.4 is 5.73 Å². The third-order valence-electron chi connectivity index (χ3n) is 2.38. The molecule has 2 aromatic rings. The molecule has 2 aromatic heterocycles. The molecule has 0 aliphatic rings. The van der Waals surface area contributed by atoms with Crippen molar-refractivity contribution in [3.05, 3.63) is 29.2 Å². The van der Waals surface area contributed by atoms with Gasteiger partial charge in [0.1, 0.15) is 10.7 Å². The van der Waals surface area contributed by atoms with Gasteiger partial charge in [-0.15, -0.1) is 11.3 Å². The Balaban J connectivity index is 2.49. The van der Waals surface area contributed by atoms with Crippen LogP contribution in [0.2, 0.25) is 0 Å². The third kappa shape index (κ3) is 2.50. The van der Waals surface area contributed by atoms with E-state index in [-0.39, 0.29) is 5.41 Å². The lowest BCUT2D eigenvalue weighted by Crippen LogP contribution is -2.15. The van der Waals surface area contributed by atoms with Gasteiger partial charge in [0.05, 0.1) is 11.9 Å². The molecule has 0 aliphatic carbocycles. The van der Waals surface area contributed by atoms with Gasteiger partial charge in [0.15, 0.2) is 0 Å². The fraction of sp³-hybridized carbons (Fsp3) is 0.417. The quantitative estimate of drug-likeness (QED) is 0.886. The van der Waals surface area contributed by atoms with Crippen molar-refractivity contribution in [3.63, 3.8) is 0 Å². The van der Waals surface area contributed by atoms with Crippen LogP contribution in [0.4, 0.5) is 0 Å². The molecule has 0 fully saturated rings. The van der Waals surface area contributed by atoms with E-state index in [9.17, 15) is 0 Å². The third-order valence-corrected chi connectivity index (χ3v) is 3.48. The van der Waals surface area contributed by atoms with Crippen molar-refractivity contribution in [2.75, 3.05) is 0 Å². The Morgan fingerprint density at radius 3 is 2.53 bits per heavy atom. The van der Waals surface area contributed by atoms with Crippen molar-refractivity contribution >= 4 is 11.3 Å². The van der Waals surface area contributed by atoms with E-state index < -0.39 is 0 Å². The highest BCUT2D eigenvalue weighted by Crippen LogP contribution is 2.33. The number of rotatable bonds is 2. The van der Waals surface area contributed by atoms with Crippen molar-refractivity contribution in [2.24, 2.45) is 5.73 Å². The molecule has 17 heavy (non-hydrogen) atoms. The molecule has 0 aromatic carbocycles. The normalized spacial score (nSPS) is 11.8. The average Bonchev–Trinajstić information content (AvgIpc) is 2.74. The molecule has 4 nitrogen and oxygen atoms in total. The number of nitrogens with two attached hydrogens (primary N) is 1. The first kappa shape index (κ1) is 12.1. The van der Waals surface area contributed by atoms with Gasteiger partial charge in [0, 0.05) is 29.2 Å². The topological polar surface area (TPSA) is 64.7 Å². The Hall–Kier alpha value is -1.33. The second kappa shape index (κ2) is 4.50. The fourth-order valence-electron chi connectivity index (χ4n) is 1.60. The number of nitrogens with zero attached hydrogens (tertiary/aromatic N) is 3. The summed E-state index contributed by atoms with van der Waals surface area (Å²) in [6, 6.07) is 0. The Labute approximate surface area is 105 Å². The van der Waals surface area contributed by atoms with Gasteiger partial charge in [0.25, 0.3) is 0 Å². The Bertz CT molecular complexity index is 499. The zero-order chi connectivity index (χ0) is 12.5. The van der Waals surface area contributed by atoms with Crippen LogP contribution in [-0.4, -0.2) is 15.0 Å². The molecule has 90 valence electrons. The standard InChI is InChI=1S/C12H16N4S/c1-12(2,3)10-9(6-13)17-11(16-10)8-7-14-4-5-15-8/h4-5,7H,6,13H2,1-3H3. The zero-order valence-electron chi connectivity index (χ0n) is 10.3. The minimum Gasteiger partial charge on any atom is -0.326 e. The summed E-state index contributed by atoms with van der Waals surface area (Å²) in [4.78, 5) is 14.1. The highest BCUT2D eigenvalue weighted by molar-refractivity contribution is 7.15. The molecule has 2 heterocycles. The maximum absolute atomic E-state index is 5.77. The summed E-state index contributed by atoms with van der Waals surface area (Å²) < 4.78 is 0. The van der Waals surface area contributed by atoms with E-state index in [1.54, 1.807) is 29.9 Å². The maximum atomic E-state index is 5.77. The summed E-state index contributed by atoms with van der Waals surface area (Å²) in [7, 11) is 0. The highest BCUT2D eigenvalue weighted by Gasteiger charge is 2.23. The number of thiazole rings is 1. The molecule has 0 amide bonds. The lowest BCUT2D eigenvalue weighted by Gasteiger charge is -2.16. The van der Waals surface area contributed by atoms with E-state index in [1.165, 1.54) is 0 Å². The van der Waals surface area contributed by atoms with Crippen molar-refractivity contribution < 1.29 is 0 Å². The van der Waals surface area contributed by atoms with Crippen molar-refractivity contribution in [1.82, 2.24) is 15.0 Å². The Kier molecular flexibility index (Phi) is 3.22. The molecule has 2 N–H and O–H groups in total. The van der Waals surface area contributed by atoms with Gasteiger partial charge in [-0.2, -0.15) is 0 Å². The fourth-order valence-corrected chi connectivity index (χ4v) is 2.71. The predicted molar refractivity (Wildman–Crippen MR) is 69.7 cm³/mol. The second-order valence-electron chi connectivity index (χ2n) is 4.84. The van der Waals surface area contributed by atoms with Gasteiger partial charge < -0.3 is 5.73 Å². The summed E-state index contributed by atoms with van der Waals surface area (Å²) in [5.74, 6) is 0. The van der Waals surface area contributed by atoms with Crippen LogP contribution in [0.3, 0.4) is 0 Å². The van der Waals surface area contributed by atoms with Gasteiger partial charge in [-0.05, 0) is 0 Å². The van der Waals surface area contributed by atoms with Gasteiger partial charge in [-0.3, -0.25) is 9.97 Å². The largest absolute Gasteiger partial charge is 0.326 e. The SMILES string of the molecule is CC(C)(C)c1nc(-c2cnccn2)sc1CN. The van der Waals surface area contributed by atoms with Gasteiger partial charge in [-0.1, -0.05) is 20.8 Å². The van der Waals surface area contributed by atoms with E-state index in [0.717, 1.165) is 21.3 Å². The molecule has 2 rings (SSSR count). The lowest BCUT2D eigenvalue weighted by atomic mass is 9.91. The Morgan fingerprint density at radius 1 is 1.29 bits per heavy atom. The average molecular weight is 248 g/mol. The molecular weight excluding hydrogens is 232 g/mol. The van der Waals surface area contributed by atoms with E-state index >= 15 is 0 Å². The first-order chi connectivity index (χ1) is 8.02. The van der Waals surface area contributed by atoms with Crippen LogP contribution in [0.1, 0.15) is 31.3 Å². The summed E-state index contributed by atoms with van der Waals surface area (Å²) in [6.45, 7) is 6.94. The molecule has 0 saturated heterocycles. The first-order valence-electron chi connectivity index (χ1n) is 5.49. The van der Waals surface area contributed by atoms with Crippen LogP contribution in [0.5, 0.6) is 0 Å². The maximum Gasteiger partial charge on any atom is 0.144 e. The summed E-state index contributed by atoms with van der Waals surface area (Å²) in [5.41, 5.74) is 7.65. The molecule has 0 atom stereocenters. The molecule has 0 spiro atoms. The first-order valence-corrected chi connectivity index (χ1v) is 6.30. The van der Waals surface area contributed by atoms with E-state index in [4.69, 9.17) is 5.73 Å². The van der Waals surface area contributed by atoms with Crippen LogP contribution in [-0.2, 0) is 12.0 Å². The lowest BCUT2D eigenvalue weighted by molar-refractivity contribution is 0.567. The van der Waals surface area contributed by atoms with Crippen molar-refractivity contribution in [1.29, 1.82) is 0 Å². The van der Waals surface area contributed by atoms with E-state index in [0.29, 0.717) is 6.54 Å². The second-order valence-corrected chi connectivity index (χ2v) is 5.92. The van der Waals surface area contributed by atoms with Crippen LogP contribution >= 0.6 is 11.3 Å². The smallest absolute Gasteiger partial charge is 0.144 e. The van der Waals surface area contributed by atoms with E-state index in [1.807, 2.05) is 0 Å². The number of hydrogen-bond acceptors (Lipinski definition) is 5. The van der Waals surface area contributed by atoms with Crippen LogP contribution in [0, 0.1) is 0 Å². The van der Waals surface area contributed by atoms with Crippen LogP contribution in [0.25, 0.3) is 10.7 Å². The van der Waals surface area contributed by atoms with Crippen molar-refractivity contribution in [3.8, 4) is 10.7 Å². The van der Waals surface area contributed by atoms with Gasteiger partial charge >= 0.3 is 0 Å². The summed E-state index contributed by atoms with van der Waals surface area (Å²) >= 11 is 1.60. The van der Waals surface area contributed by atoms with Gasteiger partial charge in [-0.25, -0.2) is 4.98 Å².